The van der Waals surface area contributed by atoms with Gasteiger partial charge in [0.15, 0.2) is 0 Å². The van der Waals surface area contributed by atoms with E-state index in [1.165, 1.54) is 19.3 Å². The Morgan fingerprint density at radius 3 is 2.44 bits per heavy atom. The van der Waals surface area contributed by atoms with Crippen LogP contribution in [0.25, 0.3) is 0 Å². The maximum absolute atomic E-state index is 11.9. The van der Waals surface area contributed by atoms with Gasteiger partial charge in [0.1, 0.15) is 0 Å². The van der Waals surface area contributed by atoms with E-state index in [0.29, 0.717) is 24.5 Å². The van der Waals surface area contributed by atoms with Crippen molar-refractivity contribution in [1.29, 1.82) is 0 Å². The summed E-state index contributed by atoms with van der Waals surface area (Å²) in [6, 6.07) is 1.42. The summed E-state index contributed by atoms with van der Waals surface area (Å²) < 4.78 is 0. The molecule has 0 bridgehead atoms. The number of hydrogen-bond donors (Lipinski definition) is 2. The predicted molar refractivity (Wildman–Crippen MR) is 75.1 cm³/mol. The van der Waals surface area contributed by atoms with E-state index in [-0.39, 0.29) is 5.91 Å². The number of rotatable bonds is 6. The number of hydrazine groups is 1. The number of nitrogens with one attached hydrogen (secondary N) is 2. The lowest BCUT2D eigenvalue weighted by Gasteiger charge is -2.38. The molecule has 106 valence electrons. The molecule has 1 amide bonds. The first kappa shape index (κ1) is 15.4. The molecule has 1 aliphatic rings. The highest BCUT2D eigenvalue weighted by Gasteiger charge is 2.25. The fourth-order valence-corrected chi connectivity index (χ4v) is 2.48. The van der Waals surface area contributed by atoms with E-state index in [0.717, 1.165) is 13.0 Å². The van der Waals surface area contributed by atoms with Crippen LogP contribution < -0.4 is 10.7 Å². The van der Waals surface area contributed by atoms with E-state index in [2.05, 4.69) is 43.4 Å². The van der Waals surface area contributed by atoms with Crippen LogP contribution in [0.3, 0.4) is 0 Å². The minimum Gasteiger partial charge on any atom is -0.315 e. The van der Waals surface area contributed by atoms with E-state index in [9.17, 15) is 4.79 Å². The first-order chi connectivity index (χ1) is 8.50. The molecule has 0 aromatic heterocycles. The van der Waals surface area contributed by atoms with Crippen molar-refractivity contribution in [1.82, 2.24) is 15.8 Å². The molecular formula is C14H29N3O. The van der Waals surface area contributed by atoms with Gasteiger partial charge in [-0.3, -0.25) is 10.2 Å². The average Bonchev–Trinajstić information content (AvgIpc) is 2.29. The Morgan fingerprint density at radius 1 is 1.28 bits per heavy atom. The van der Waals surface area contributed by atoms with E-state index in [4.69, 9.17) is 0 Å². The Morgan fingerprint density at radius 2 is 1.89 bits per heavy atom. The summed E-state index contributed by atoms with van der Waals surface area (Å²) in [6.07, 6.45) is 5.14. The summed E-state index contributed by atoms with van der Waals surface area (Å²) in [5.41, 5.74) is 3.07. The van der Waals surface area contributed by atoms with Crippen LogP contribution >= 0.6 is 0 Å². The molecule has 0 spiro atoms. The lowest BCUT2D eigenvalue weighted by atomic mass is 10.00. The molecule has 4 heteroatoms. The van der Waals surface area contributed by atoms with Gasteiger partial charge in [-0.25, -0.2) is 5.01 Å². The zero-order valence-corrected chi connectivity index (χ0v) is 12.3. The van der Waals surface area contributed by atoms with Gasteiger partial charge in [-0.05, 0) is 39.7 Å². The third kappa shape index (κ3) is 5.36. The fourth-order valence-electron chi connectivity index (χ4n) is 2.48. The van der Waals surface area contributed by atoms with E-state index in [1.54, 1.807) is 0 Å². The Labute approximate surface area is 111 Å². The topological polar surface area (TPSA) is 44.4 Å². The highest BCUT2D eigenvalue weighted by Crippen LogP contribution is 2.20. The van der Waals surface area contributed by atoms with Crippen molar-refractivity contribution in [3.8, 4) is 0 Å². The Hall–Kier alpha value is -0.610. The Balaban J connectivity index is 2.22. The van der Waals surface area contributed by atoms with Crippen LogP contribution in [0.5, 0.6) is 0 Å². The van der Waals surface area contributed by atoms with Crippen molar-refractivity contribution in [2.45, 2.75) is 77.9 Å². The minimum absolute atomic E-state index is 0.154. The molecule has 0 aromatic rings. The fraction of sp³-hybridized carbons (Fsp3) is 0.929. The largest absolute Gasteiger partial charge is 0.315 e. The standard InChI is InChI=1S/C14H29N3O/c1-11(2)15-10-6-9-14(18)16-17-12(3)7-5-8-13(17)4/h11-13,15H,5-10H2,1-4H3,(H,16,18). The highest BCUT2D eigenvalue weighted by atomic mass is 16.2. The molecule has 0 saturated carbocycles. The lowest BCUT2D eigenvalue weighted by Crippen LogP contribution is -2.54. The van der Waals surface area contributed by atoms with E-state index in [1.807, 2.05) is 0 Å². The monoisotopic (exact) mass is 255 g/mol. The summed E-state index contributed by atoms with van der Waals surface area (Å²) in [5, 5.41) is 5.47. The summed E-state index contributed by atoms with van der Waals surface area (Å²) in [4.78, 5) is 11.9. The van der Waals surface area contributed by atoms with E-state index >= 15 is 0 Å². The van der Waals surface area contributed by atoms with Crippen LogP contribution in [-0.4, -0.2) is 35.6 Å². The molecule has 1 rings (SSSR count). The second-order valence-corrected chi connectivity index (χ2v) is 5.78. The number of amides is 1. The quantitative estimate of drug-likeness (QED) is 0.714. The molecule has 0 aliphatic carbocycles. The van der Waals surface area contributed by atoms with Crippen LogP contribution in [0, 0.1) is 0 Å². The summed E-state index contributed by atoms with van der Waals surface area (Å²) >= 11 is 0. The molecule has 18 heavy (non-hydrogen) atoms. The zero-order valence-electron chi connectivity index (χ0n) is 12.3. The zero-order chi connectivity index (χ0) is 13.5. The molecule has 2 N–H and O–H groups in total. The second-order valence-electron chi connectivity index (χ2n) is 5.78. The molecule has 2 atom stereocenters. The SMILES string of the molecule is CC(C)NCCCC(=O)NN1C(C)CCCC1C. The predicted octanol–water partition coefficient (Wildman–Crippen LogP) is 2.06. The number of piperidine rings is 1. The number of carbonyl (C=O) groups excluding carboxylic acids is 1. The highest BCUT2D eigenvalue weighted by molar-refractivity contribution is 5.75. The van der Waals surface area contributed by atoms with Gasteiger partial charge >= 0.3 is 0 Å². The van der Waals surface area contributed by atoms with Gasteiger partial charge < -0.3 is 5.32 Å². The number of nitrogens with zero attached hydrogens (tertiary/aromatic N) is 1. The summed E-state index contributed by atoms with van der Waals surface area (Å²) in [6.45, 7) is 9.54. The van der Waals surface area contributed by atoms with Gasteiger partial charge in [-0.15, -0.1) is 0 Å². The van der Waals surface area contributed by atoms with Crippen molar-refractivity contribution < 1.29 is 4.79 Å². The van der Waals surface area contributed by atoms with Crippen molar-refractivity contribution >= 4 is 5.91 Å². The smallest absolute Gasteiger partial charge is 0.234 e. The van der Waals surface area contributed by atoms with Gasteiger partial charge in [-0.2, -0.15) is 0 Å². The first-order valence-corrected chi connectivity index (χ1v) is 7.32. The molecular weight excluding hydrogens is 226 g/mol. The maximum Gasteiger partial charge on any atom is 0.234 e. The van der Waals surface area contributed by atoms with Crippen molar-refractivity contribution in [3.05, 3.63) is 0 Å². The molecule has 1 saturated heterocycles. The van der Waals surface area contributed by atoms with E-state index < -0.39 is 0 Å². The molecule has 0 radical (unpaired) electrons. The first-order valence-electron chi connectivity index (χ1n) is 7.32. The van der Waals surface area contributed by atoms with Crippen LogP contribution in [0.2, 0.25) is 0 Å². The minimum atomic E-state index is 0.154. The third-order valence-corrected chi connectivity index (χ3v) is 3.58. The lowest BCUT2D eigenvalue weighted by molar-refractivity contribution is -0.129. The van der Waals surface area contributed by atoms with Gasteiger partial charge in [0.25, 0.3) is 0 Å². The van der Waals surface area contributed by atoms with Gasteiger partial charge in [-0.1, -0.05) is 20.3 Å². The number of carbonyl (C=O) groups is 1. The van der Waals surface area contributed by atoms with Gasteiger partial charge in [0, 0.05) is 24.5 Å². The number of hydrogen-bond acceptors (Lipinski definition) is 3. The molecule has 1 aliphatic heterocycles. The molecule has 1 heterocycles. The Kier molecular flexibility index (Phi) is 6.65. The second kappa shape index (κ2) is 7.74. The Bertz CT molecular complexity index is 245. The summed E-state index contributed by atoms with van der Waals surface area (Å²) in [7, 11) is 0. The summed E-state index contributed by atoms with van der Waals surface area (Å²) in [5.74, 6) is 0.154. The van der Waals surface area contributed by atoms with Crippen molar-refractivity contribution in [2.75, 3.05) is 6.54 Å². The molecule has 4 nitrogen and oxygen atoms in total. The van der Waals surface area contributed by atoms with Crippen LogP contribution in [0.1, 0.15) is 59.8 Å². The van der Waals surface area contributed by atoms with Crippen molar-refractivity contribution in [3.63, 3.8) is 0 Å². The van der Waals surface area contributed by atoms with Crippen LogP contribution in [-0.2, 0) is 4.79 Å². The molecule has 0 aromatic carbocycles. The average molecular weight is 255 g/mol. The van der Waals surface area contributed by atoms with Crippen molar-refractivity contribution in [2.24, 2.45) is 0 Å². The van der Waals surface area contributed by atoms with Crippen LogP contribution in [0.4, 0.5) is 0 Å². The maximum atomic E-state index is 11.9. The van der Waals surface area contributed by atoms with Gasteiger partial charge in [0.2, 0.25) is 5.91 Å². The normalized spacial score (nSPS) is 25.4. The molecule has 2 unspecified atom stereocenters. The molecule has 1 fully saturated rings. The third-order valence-electron chi connectivity index (χ3n) is 3.58. The van der Waals surface area contributed by atoms with Crippen LogP contribution in [0.15, 0.2) is 0 Å². The van der Waals surface area contributed by atoms with Gasteiger partial charge in [0.05, 0.1) is 0 Å².